The van der Waals surface area contributed by atoms with Gasteiger partial charge in [0.2, 0.25) is 0 Å². The van der Waals surface area contributed by atoms with Gasteiger partial charge < -0.3 is 15.4 Å². The first-order valence-electron chi connectivity index (χ1n) is 7.77. The van der Waals surface area contributed by atoms with Gasteiger partial charge in [-0.15, -0.1) is 0 Å². The van der Waals surface area contributed by atoms with Crippen molar-refractivity contribution in [2.75, 3.05) is 33.4 Å². The second-order valence-electron chi connectivity index (χ2n) is 6.34. The van der Waals surface area contributed by atoms with E-state index in [4.69, 9.17) is 10.5 Å². The summed E-state index contributed by atoms with van der Waals surface area (Å²) in [5.41, 5.74) is 6.33. The molecule has 18 heavy (non-hydrogen) atoms. The van der Waals surface area contributed by atoms with E-state index in [1.165, 1.54) is 44.9 Å². The molecule has 3 heteroatoms. The van der Waals surface area contributed by atoms with Crippen LogP contribution in [0.15, 0.2) is 0 Å². The van der Waals surface area contributed by atoms with Crippen LogP contribution in [0.2, 0.25) is 0 Å². The SMILES string of the molecule is CN(CCOCC1CC1)CC(N)C1CCCCC1. The molecule has 2 aliphatic carbocycles. The number of hydrogen-bond donors (Lipinski definition) is 1. The van der Waals surface area contributed by atoms with Crippen LogP contribution in [0, 0.1) is 11.8 Å². The minimum absolute atomic E-state index is 0.360. The highest BCUT2D eigenvalue weighted by Crippen LogP contribution is 2.28. The van der Waals surface area contributed by atoms with Crippen molar-refractivity contribution in [2.45, 2.75) is 51.0 Å². The molecule has 1 unspecified atom stereocenters. The fourth-order valence-electron chi connectivity index (χ4n) is 2.92. The monoisotopic (exact) mass is 254 g/mol. The first-order valence-corrected chi connectivity index (χ1v) is 7.77. The fraction of sp³-hybridized carbons (Fsp3) is 1.00. The summed E-state index contributed by atoms with van der Waals surface area (Å²) in [7, 11) is 2.17. The Morgan fingerprint density at radius 1 is 1.17 bits per heavy atom. The Balaban J connectivity index is 1.52. The molecule has 0 bridgehead atoms. The minimum atomic E-state index is 0.360. The maximum absolute atomic E-state index is 6.33. The van der Waals surface area contributed by atoms with Crippen molar-refractivity contribution in [2.24, 2.45) is 17.6 Å². The zero-order valence-corrected chi connectivity index (χ0v) is 11.9. The van der Waals surface area contributed by atoms with Gasteiger partial charge in [-0.25, -0.2) is 0 Å². The normalized spacial score (nSPS) is 23.5. The summed E-state index contributed by atoms with van der Waals surface area (Å²) in [6.45, 7) is 3.89. The van der Waals surface area contributed by atoms with Crippen molar-refractivity contribution >= 4 is 0 Å². The molecule has 2 rings (SSSR count). The number of rotatable bonds is 8. The molecule has 2 aliphatic rings. The largest absolute Gasteiger partial charge is 0.380 e. The van der Waals surface area contributed by atoms with Crippen molar-refractivity contribution in [1.82, 2.24) is 4.90 Å². The lowest BCUT2D eigenvalue weighted by Crippen LogP contribution is -2.42. The summed E-state index contributed by atoms with van der Waals surface area (Å²) >= 11 is 0. The van der Waals surface area contributed by atoms with Gasteiger partial charge in [0.15, 0.2) is 0 Å². The van der Waals surface area contributed by atoms with E-state index in [0.717, 1.165) is 38.1 Å². The van der Waals surface area contributed by atoms with E-state index in [0.29, 0.717) is 6.04 Å². The third-order valence-electron chi connectivity index (χ3n) is 4.45. The van der Waals surface area contributed by atoms with Crippen LogP contribution < -0.4 is 5.73 Å². The summed E-state index contributed by atoms with van der Waals surface area (Å²) in [6.07, 6.45) is 9.61. The van der Waals surface area contributed by atoms with Gasteiger partial charge in [0, 0.05) is 25.7 Å². The molecule has 3 nitrogen and oxygen atoms in total. The second-order valence-corrected chi connectivity index (χ2v) is 6.34. The van der Waals surface area contributed by atoms with E-state index in [2.05, 4.69) is 11.9 Å². The Morgan fingerprint density at radius 3 is 2.56 bits per heavy atom. The molecule has 2 saturated carbocycles. The summed E-state index contributed by atoms with van der Waals surface area (Å²) in [5.74, 6) is 1.63. The molecule has 0 heterocycles. The standard InChI is InChI=1S/C15H30N2O/c1-17(9-10-18-12-13-7-8-13)11-15(16)14-5-3-2-4-6-14/h13-15H,2-12,16H2,1H3. The molecule has 0 saturated heterocycles. The number of ether oxygens (including phenoxy) is 1. The average molecular weight is 254 g/mol. The third kappa shape index (κ3) is 5.25. The Hall–Kier alpha value is -0.120. The summed E-state index contributed by atoms with van der Waals surface area (Å²) in [4.78, 5) is 2.34. The summed E-state index contributed by atoms with van der Waals surface area (Å²) < 4.78 is 5.67. The maximum atomic E-state index is 6.33. The first-order chi connectivity index (χ1) is 8.75. The number of nitrogens with zero attached hydrogens (tertiary/aromatic N) is 1. The van der Waals surface area contributed by atoms with Gasteiger partial charge >= 0.3 is 0 Å². The van der Waals surface area contributed by atoms with Crippen molar-refractivity contribution in [3.8, 4) is 0 Å². The predicted molar refractivity (Wildman–Crippen MR) is 75.6 cm³/mol. The Morgan fingerprint density at radius 2 is 1.89 bits per heavy atom. The van der Waals surface area contributed by atoms with Gasteiger partial charge in [0.05, 0.1) is 6.61 Å². The zero-order chi connectivity index (χ0) is 12.8. The average Bonchev–Trinajstić information content (AvgIpc) is 3.20. The van der Waals surface area contributed by atoms with E-state index in [9.17, 15) is 0 Å². The Bertz CT molecular complexity index is 225. The fourth-order valence-corrected chi connectivity index (χ4v) is 2.92. The van der Waals surface area contributed by atoms with Crippen LogP contribution >= 0.6 is 0 Å². The van der Waals surface area contributed by atoms with Crippen LogP contribution in [0.1, 0.15) is 44.9 Å². The van der Waals surface area contributed by atoms with Crippen molar-refractivity contribution < 1.29 is 4.74 Å². The summed E-state index contributed by atoms with van der Waals surface area (Å²) in [6, 6.07) is 0.360. The van der Waals surface area contributed by atoms with Gasteiger partial charge in [-0.1, -0.05) is 19.3 Å². The molecule has 0 aromatic rings. The molecular weight excluding hydrogens is 224 g/mol. The predicted octanol–water partition coefficient (Wildman–Crippen LogP) is 2.25. The molecule has 0 radical (unpaired) electrons. The molecule has 2 N–H and O–H groups in total. The van der Waals surface area contributed by atoms with Crippen LogP contribution in [-0.4, -0.2) is 44.3 Å². The van der Waals surface area contributed by atoms with Crippen LogP contribution in [0.4, 0.5) is 0 Å². The zero-order valence-electron chi connectivity index (χ0n) is 11.9. The first kappa shape index (κ1) is 14.3. The highest BCUT2D eigenvalue weighted by molar-refractivity contribution is 4.78. The topological polar surface area (TPSA) is 38.5 Å². The van der Waals surface area contributed by atoms with Gasteiger partial charge in [0.1, 0.15) is 0 Å². The van der Waals surface area contributed by atoms with E-state index < -0.39 is 0 Å². The minimum Gasteiger partial charge on any atom is -0.380 e. The number of nitrogens with two attached hydrogens (primary N) is 1. The molecule has 0 aromatic heterocycles. The second kappa shape index (κ2) is 7.46. The van der Waals surface area contributed by atoms with E-state index >= 15 is 0 Å². The Labute approximate surface area is 112 Å². The van der Waals surface area contributed by atoms with Gasteiger partial charge in [-0.05, 0) is 44.6 Å². The summed E-state index contributed by atoms with van der Waals surface area (Å²) in [5, 5.41) is 0. The van der Waals surface area contributed by atoms with Gasteiger partial charge in [0.25, 0.3) is 0 Å². The molecule has 1 atom stereocenters. The molecule has 0 aromatic carbocycles. The Kier molecular flexibility index (Phi) is 5.93. The molecular formula is C15H30N2O. The van der Waals surface area contributed by atoms with Crippen molar-refractivity contribution in [1.29, 1.82) is 0 Å². The van der Waals surface area contributed by atoms with Crippen LogP contribution in [0.25, 0.3) is 0 Å². The van der Waals surface area contributed by atoms with Gasteiger partial charge in [-0.3, -0.25) is 0 Å². The lowest BCUT2D eigenvalue weighted by Gasteiger charge is -2.30. The third-order valence-corrected chi connectivity index (χ3v) is 4.45. The maximum Gasteiger partial charge on any atom is 0.0593 e. The lowest BCUT2D eigenvalue weighted by molar-refractivity contribution is 0.0988. The van der Waals surface area contributed by atoms with Crippen molar-refractivity contribution in [3.05, 3.63) is 0 Å². The van der Waals surface area contributed by atoms with E-state index in [1.54, 1.807) is 0 Å². The highest BCUT2D eigenvalue weighted by Gasteiger charge is 2.22. The smallest absolute Gasteiger partial charge is 0.0593 e. The quantitative estimate of drug-likeness (QED) is 0.675. The van der Waals surface area contributed by atoms with E-state index in [-0.39, 0.29) is 0 Å². The van der Waals surface area contributed by atoms with E-state index in [1.807, 2.05) is 0 Å². The molecule has 0 spiro atoms. The lowest BCUT2D eigenvalue weighted by atomic mass is 9.84. The molecule has 0 amide bonds. The van der Waals surface area contributed by atoms with Crippen LogP contribution in [-0.2, 0) is 4.74 Å². The number of hydrogen-bond acceptors (Lipinski definition) is 3. The van der Waals surface area contributed by atoms with Gasteiger partial charge in [-0.2, -0.15) is 0 Å². The van der Waals surface area contributed by atoms with Crippen LogP contribution in [0.5, 0.6) is 0 Å². The molecule has 2 fully saturated rings. The van der Waals surface area contributed by atoms with Crippen LogP contribution in [0.3, 0.4) is 0 Å². The molecule has 106 valence electrons. The molecule has 0 aliphatic heterocycles. The highest BCUT2D eigenvalue weighted by atomic mass is 16.5. The number of likely N-dealkylation sites (N-methyl/N-ethyl adjacent to an activating group) is 1. The van der Waals surface area contributed by atoms with Crippen molar-refractivity contribution in [3.63, 3.8) is 0 Å².